The van der Waals surface area contributed by atoms with Crippen LogP contribution in [0.4, 0.5) is 0 Å². The van der Waals surface area contributed by atoms with Crippen molar-refractivity contribution in [3.63, 3.8) is 0 Å². The number of benzene rings is 1. The molecule has 130 valence electrons. The van der Waals surface area contributed by atoms with E-state index in [2.05, 4.69) is 5.32 Å². The van der Waals surface area contributed by atoms with Crippen LogP contribution in [0.3, 0.4) is 0 Å². The van der Waals surface area contributed by atoms with E-state index < -0.39 is 11.5 Å². The summed E-state index contributed by atoms with van der Waals surface area (Å²) in [6, 6.07) is 5.13. The van der Waals surface area contributed by atoms with E-state index in [4.69, 9.17) is 23.2 Å². The van der Waals surface area contributed by atoms with Crippen molar-refractivity contribution in [2.24, 2.45) is 5.41 Å². The zero-order valence-electron chi connectivity index (χ0n) is 13.2. The summed E-state index contributed by atoms with van der Waals surface area (Å²) in [5.41, 5.74) is -0.0910. The number of aliphatic hydroxyl groups excluding tert-OH is 1. The molecule has 0 aromatic heterocycles. The number of hydrogen-bond donors (Lipinski definition) is 2. The smallest absolute Gasteiger partial charge is 0.230 e. The van der Waals surface area contributed by atoms with Crippen LogP contribution in [0, 0.1) is 5.41 Å². The van der Waals surface area contributed by atoms with E-state index in [1.165, 1.54) is 0 Å². The average molecular weight is 371 g/mol. The molecule has 5 nitrogen and oxygen atoms in total. The largest absolute Gasteiger partial charge is 0.392 e. The van der Waals surface area contributed by atoms with E-state index in [1.54, 1.807) is 23.1 Å². The van der Waals surface area contributed by atoms with Gasteiger partial charge in [-0.3, -0.25) is 9.59 Å². The Balaban J connectivity index is 1.73. The normalized spacial score (nSPS) is 27.2. The summed E-state index contributed by atoms with van der Waals surface area (Å²) in [5, 5.41) is 14.1. The minimum Gasteiger partial charge on any atom is -0.392 e. The highest BCUT2D eigenvalue weighted by Crippen LogP contribution is 2.37. The quantitative estimate of drug-likeness (QED) is 0.836. The van der Waals surface area contributed by atoms with Gasteiger partial charge in [-0.25, -0.2) is 0 Å². The molecule has 2 amide bonds. The molecular formula is C17H20Cl2N2O3. The molecule has 2 aliphatic rings. The van der Waals surface area contributed by atoms with E-state index in [0.29, 0.717) is 36.0 Å². The highest BCUT2D eigenvalue weighted by molar-refractivity contribution is 6.42. The maximum atomic E-state index is 12.6. The number of carbonyl (C=O) groups is 2. The van der Waals surface area contributed by atoms with Crippen LogP contribution in [0.1, 0.15) is 24.8 Å². The van der Waals surface area contributed by atoms with E-state index in [-0.39, 0.29) is 24.8 Å². The predicted octanol–water partition coefficient (Wildman–Crippen LogP) is 2.03. The monoisotopic (exact) mass is 370 g/mol. The summed E-state index contributed by atoms with van der Waals surface area (Å²) in [6.07, 6.45) is 1.34. The maximum absolute atomic E-state index is 12.6. The fourth-order valence-corrected chi connectivity index (χ4v) is 3.91. The minimum absolute atomic E-state index is 0.0713. The summed E-state index contributed by atoms with van der Waals surface area (Å²) in [5.74, 6) is -0.216. The molecule has 0 radical (unpaired) electrons. The Kier molecular flexibility index (Phi) is 5.04. The fraction of sp³-hybridized carbons (Fsp3) is 0.529. The molecule has 2 saturated heterocycles. The van der Waals surface area contributed by atoms with Crippen molar-refractivity contribution >= 4 is 35.0 Å². The van der Waals surface area contributed by atoms with E-state index in [1.807, 2.05) is 0 Å². The summed E-state index contributed by atoms with van der Waals surface area (Å²) < 4.78 is 0. The molecule has 2 fully saturated rings. The number of nitrogens with one attached hydrogen (secondary N) is 1. The number of hydrogen-bond acceptors (Lipinski definition) is 3. The van der Waals surface area contributed by atoms with Gasteiger partial charge in [0.15, 0.2) is 0 Å². The van der Waals surface area contributed by atoms with Gasteiger partial charge in [0.05, 0.1) is 28.0 Å². The van der Waals surface area contributed by atoms with Gasteiger partial charge in [-0.1, -0.05) is 29.3 Å². The Labute approximate surface area is 150 Å². The van der Waals surface area contributed by atoms with Gasteiger partial charge in [0.2, 0.25) is 11.8 Å². The Morgan fingerprint density at radius 1 is 1.38 bits per heavy atom. The van der Waals surface area contributed by atoms with Crippen LogP contribution in [0.15, 0.2) is 18.2 Å². The van der Waals surface area contributed by atoms with Crippen molar-refractivity contribution in [2.45, 2.75) is 31.8 Å². The second-order valence-electron chi connectivity index (χ2n) is 6.56. The molecule has 0 aliphatic carbocycles. The summed E-state index contributed by atoms with van der Waals surface area (Å²) in [4.78, 5) is 26.7. The minimum atomic E-state index is -0.871. The van der Waals surface area contributed by atoms with Gasteiger partial charge in [-0.2, -0.15) is 0 Å². The highest BCUT2D eigenvalue weighted by Gasteiger charge is 2.50. The first-order chi connectivity index (χ1) is 11.4. The van der Waals surface area contributed by atoms with Crippen LogP contribution in [-0.2, 0) is 16.0 Å². The van der Waals surface area contributed by atoms with E-state index >= 15 is 0 Å². The summed E-state index contributed by atoms with van der Waals surface area (Å²) in [7, 11) is 0. The molecule has 2 atom stereocenters. The van der Waals surface area contributed by atoms with Crippen molar-refractivity contribution in [1.82, 2.24) is 10.2 Å². The fourth-order valence-electron chi connectivity index (χ4n) is 3.59. The van der Waals surface area contributed by atoms with Crippen molar-refractivity contribution in [3.05, 3.63) is 33.8 Å². The van der Waals surface area contributed by atoms with Crippen molar-refractivity contribution in [3.8, 4) is 0 Å². The van der Waals surface area contributed by atoms with Crippen LogP contribution in [-0.4, -0.2) is 47.6 Å². The Morgan fingerprint density at radius 3 is 2.88 bits per heavy atom. The Morgan fingerprint density at radius 2 is 2.17 bits per heavy atom. The van der Waals surface area contributed by atoms with Crippen LogP contribution < -0.4 is 5.32 Å². The third kappa shape index (κ3) is 3.25. The molecule has 2 heterocycles. The lowest BCUT2D eigenvalue weighted by Gasteiger charge is -2.46. The average Bonchev–Trinajstić information content (AvgIpc) is 2.56. The van der Waals surface area contributed by atoms with Gasteiger partial charge >= 0.3 is 0 Å². The van der Waals surface area contributed by atoms with Gasteiger partial charge in [0, 0.05) is 19.6 Å². The second-order valence-corrected chi connectivity index (χ2v) is 7.37. The standard InChI is InChI=1S/C17H20Cl2N2O3/c18-12-3-2-11(8-13(12)19)9-15(23)21-7-4-14(22)17(10-21)5-1-6-20-16(17)24/h2-3,8,14,22H,1,4-7,9-10H2,(H,20,24)/t14-,17-/m1/s1. The molecule has 24 heavy (non-hydrogen) atoms. The zero-order chi connectivity index (χ0) is 17.3. The number of carbonyl (C=O) groups excluding carboxylic acids is 2. The molecule has 0 bridgehead atoms. The number of likely N-dealkylation sites (tertiary alicyclic amines) is 1. The molecule has 1 aromatic carbocycles. The lowest BCUT2D eigenvalue weighted by Crippen LogP contribution is -2.62. The van der Waals surface area contributed by atoms with Gasteiger partial charge in [0.25, 0.3) is 0 Å². The molecule has 1 spiro atoms. The third-order valence-corrected chi connectivity index (χ3v) is 5.75. The van der Waals surface area contributed by atoms with Crippen molar-refractivity contribution < 1.29 is 14.7 Å². The van der Waals surface area contributed by atoms with Gasteiger partial charge in [-0.05, 0) is 37.0 Å². The number of nitrogens with zero attached hydrogens (tertiary/aromatic N) is 1. The zero-order valence-corrected chi connectivity index (χ0v) is 14.7. The lowest BCUT2D eigenvalue weighted by atomic mass is 9.71. The number of halogens is 2. The molecule has 1 aromatic rings. The first-order valence-electron chi connectivity index (χ1n) is 8.10. The molecule has 7 heteroatoms. The van der Waals surface area contributed by atoms with Crippen molar-refractivity contribution in [1.29, 1.82) is 0 Å². The second kappa shape index (κ2) is 6.90. The van der Waals surface area contributed by atoms with Gasteiger partial charge < -0.3 is 15.3 Å². The molecular weight excluding hydrogens is 351 g/mol. The van der Waals surface area contributed by atoms with Crippen LogP contribution in [0.2, 0.25) is 10.0 Å². The molecule has 0 saturated carbocycles. The predicted molar refractivity (Wildman–Crippen MR) is 92.0 cm³/mol. The topological polar surface area (TPSA) is 69.6 Å². The summed E-state index contributed by atoms with van der Waals surface area (Å²) in [6.45, 7) is 1.35. The SMILES string of the molecule is O=C(Cc1ccc(Cl)c(Cl)c1)N1CC[C@@H](O)[C@@]2(CCCNC2=O)C1. The van der Waals surface area contributed by atoms with Gasteiger partial charge in [0.1, 0.15) is 0 Å². The number of piperidine rings is 2. The molecule has 2 aliphatic heterocycles. The van der Waals surface area contributed by atoms with Crippen LogP contribution in [0.5, 0.6) is 0 Å². The molecule has 0 unspecified atom stereocenters. The van der Waals surface area contributed by atoms with Crippen molar-refractivity contribution in [2.75, 3.05) is 19.6 Å². The Bertz CT molecular complexity index is 667. The summed E-state index contributed by atoms with van der Waals surface area (Å²) >= 11 is 11.9. The first-order valence-corrected chi connectivity index (χ1v) is 8.86. The van der Waals surface area contributed by atoms with Crippen LogP contribution >= 0.6 is 23.2 Å². The molecule has 3 rings (SSSR count). The third-order valence-electron chi connectivity index (χ3n) is 5.01. The lowest BCUT2D eigenvalue weighted by molar-refractivity contribution is -0.154. The van der Waals surface area contributed by atoms with Crippen LogP contribution in [0.25, 0.3) is 0 Å². The van der Waals surface area contributed by atoms with E-state index in [9.17, 15) is 14.7 Å². The first kappa shape index (κ1) is 17.5. The number of amides is 2. The number of rotatable bonds is 2. The van der Waals surface area contributed by atoms with Gasteiger partial charge in [-0.15, -0.1) is 0 Å². The maximum Gasteiger partial charge on any atom is 0.230 e. The highest BCUT2D eigenvalue weighted by atomic mass is 35.5. The van der Waals surface area contributed by atoms with E-state index in [0.717, 1.165) is 12.0 Å². The number of aliphatic hydroxyl groups is 1. The molecule has 2 N–H and O–H groups in total. The Hall–Kier alpha value is -1.30.